The van der Waals surface area contributed by atoms with E-state index < -0.39 is 23.6 Å². The lowest BCUT2D eigenvalue weighted by Crippen LogP contribution is -2.38. The fraction of sp³-hybridized carbons (Fsp3) is 0.111. The van der Waals surface area contributed by atoms with Gasteiger partial charge in [0, 0.05) is 18.3 Å². The highest BCUT2D eigenvalue weighted by Crippen LogP contribution is 2.28. The largest absolute Gasteiger partial charge is 0.341 e. The number of imide groups is 1. The van der Waals surface area contributed by atoms with E-state index in [1.54, 1.807) is 28.8 Å². The van der Waals surface area contributed by atoms with Crippen molar-refractivity contribution in [1.29, 1.82) is 0 Å². The summed E-state index contributed by atoms with van der Waals surface area (Å²) in [6.07, 6.45) is 0. The van der Waals surface area contributed by atoms with E-state index in [0.717, 1.165) is 11.8 Å². The van der Waals surface area contributed by atoms with Gasteiger partial charge >= 0.3 is 6.03 Å². The smallest absolute Gasteiger partial charge is 0.321 e. The average Bonchev–Trinajstić information content (AvgIpc) is 3.11. The maximum atomic E-state index is 13.3. The number of hydrogen-bond acceptors (Lipinski definition) is 5. The first-order chi connectivity index (χ1) is 13.5. The summed E-state index contributed by atoms with van der Waals surface area (Å²) in [5.74, 6) is -0.991. The predicted molar refractivity (Wildman–Crippen MR) is 100 cm³/mol. The van der Waals surface area contributed by atoms with Gasteiger partial charge in [0.15, 0.2) is 11.0 Å². The summed E-state index contributed by atoms with van der Waals surface area (Å²) in [5, 5.41) is 13.0. The fourth-order valence-electron chi connectivity index (χ4n) is 2.33. The quantitative estimate of drug-likeness (QED) is 0.640. The van der Waals surface area contributed by atoms with Crippen molar-refractivity contribution in [3.05, 3.63) is 60.2 Å². The molecule has 144 valence electrons. The Labute approximate surface area is 163 Å². The van der Waals surface area contributed by atoms with Crippen LogP contribution in [0.4, 0.5) is 13.6 Å². The van der Waals surface area contributed by atoms with Gasteiger partial charge in [-0.15, -0.1) is 10.2 Å². The molecule has 0 fully saturated rings. The molecule has 7 nitrogen and oxygen atoms in total. The Balaban J connectivity index is 1.93. The van der Waals surface area contributed by atoms with Crippen molar-refractivity contribution in [3.8, 4) is 17.1 Å². The van der Waals surface area contributed by atoms with Crippen molar-refractivity contribution in [3.63, 3.8) is 0 Å². The van der Waals surface area contributed by atoms with Gasteiger partial charge in [0.2, 0.25) is 5.91 Å². The van der Waals surface area contributed by atoms with E-state index in [1.165, 1.54) is 31.3 Å². The topological polar surface area (TPSA) is 88.9 Å². The Morgan fingerprint density at radius 1 is 1.00 bits per heavy atom. The third kappa shape index (κ3) is 4.52. The monoisotopic (exact) mass is 403 g/mol. The minimum atomic E-state index is -0.613. The van der Waals surface area contributed by atoms with Crippen molar-refractivity contribution in [2.24, 2.45) is 0 Å². The fourth-order valence-corrected chi connectivity index (χ4v) is 3.08. The lowest BCUT2D eigenvalue weighted by atomic mass is 10.2. The third-order valence-corrected chi connectivity index (χ3v) is 4.56. The highest BCUT2D eigenvalue weighted by molar-refractivity contribution is 7.99. The molecular formula is C18H15F2N5O2S. The van der Waals surface area contributed by atoms with Gasteiger partial charge in [-0.2, -0.15) is 0 Å². The van der Waals surface area contributed by atoms with Crippen LogP contribution < -0.4 is 10.6 Å². The predicted octanol–water partition coefficient (Wildman–Crippen LogP) is 2.76. The second-order valence-corrected chi connectivity index (χ2v) is 6.48. The lowest BCUT2D eigenvalue weighted by molar-refractivity contribution is -0.117. The Bertz CT molecular complexity index is 990. The number of aromatic nitrogens is 3. The number of carbonyl (C=O) groups is 2. The van der Waals surface area contributed by atoms with Crippen molar-refractivity contribution in [1.82, 2.24) is 25.4 Å². The van der Waals surface area contributed by atoms with Crippen LogP contribution in [-0.4, -0.2) is 39.5 Å². The minimum absolute atomic E-state index is 0.0871. The number of carbonyl (C=O) groups excluding carboxylic acids is 2. The Morgan fingerprint density at radius 3 is 2.21 bits per heavy atom. The number of hydrogen-bond donors (Lipinski definition) is 2. The van der Waals surface area contributed by atoms with Gasteiger partial charge in [0.05, 0.1) is 5.75 Å². The molecule has 3 amide bonds. The molecule has 0 bridgehead atoms. The first kappa shape index (κ1) is 19.5. The highest BCUT2D eigenvalue weighted by Gasteiger charge is 2.18. The molecular weight excluding hydrogens is 388 g/mol. The Hall–Kier alpha value is -3.27. The van der Waals surface area contributed by atoms with E-state index >= 15 is 0 Å². The average molecular weight is 403 g/mol. The van der Waals surface area contributed by atoms with Crippen LogP contribution in [-0.2, 0) is 4.79 Å². The van der Waals surface area contributed by atoms with Crippen LogP contribution in [0.1, 0.15) is 0 Å². The van der Waals surface area contributed by atoms with Crippen LogP contribution in [0.25, 0.3) is 17.1 Å². The number of rotatable bonds is 5. The molecule has 0 radical (unpaired) electrons. The van der Waals surface area contributed by atoms with E-state index in [-0.39, 0.29) is 5.75 Å². The zero-order valence-corrected chi connectivity index (χ0v) is 15.5. The second kappa shape index (κ2) is 8.61. The number of halogens is 2. The van der Waals surface area contributed by atoms with Crippen LogP contribution in [0.3, 0.4) is 0 Å². The van der Waals surface area contributed by atoms with Gasteiger partial charge in [-0.05, 0) is 48.5 Å². The highest BCUT2D eigenvalue weighted by atomic mass is 32.2. The standard InChI is InChI=1S/C18H15F2N5O2S/c1-21-17(27)22-15(26)10-28-18-24-23-16(11-2-4-12(19)5-3-11)25(18)14-8-6-13(20)7-9-14/h2-9H,10H2,1H3,(H2,21,22,26,27). The molecule has 2 N–H and O–H groups in total. The molecule has 1 heterocycles. The molecule has 0 aliphatic heterocycles. The molecule has 3 aromatic rings. The van der Waals surface area contributed by atoms with E-state index in [9.17, 15) is 18.4 Å². The van der Waals surface area contributed by atoms with Crippen molar-refractivity contribution in [2.45, 2.75) is 5.16 Å². The van der Waals surface area contributed by atoms with Crippen molar-refractivity contribution < 1.29 is 18.4 Å². The number of benzene rings is 2. The maximum Gasteiger partial charge on any atom is 0.321 e. The second-order valence-electron chi connectivity index (χ2n) is 5.54. The summed E-state index contributed by atoms with van der Waals surface area (Å²) in [6.45, 7) is 0. The Kier molecular flexibility index (Phi) is 5.99. The number of amides is 3. The van der Waals surface area contributed by atoms with Gasteiger partial charge in [0.1, 0.15) is 11.6 Å². The van der Waals surface area contributed by atoms with Crippen LogP contribution in [0.5, 0.6) is 0 Å². The van der Waals surface area contributed by atoms with E-state index in [2.05, 4.69) is 20.8 Å². The molecule has 0 aliphatic rings. The number of nitrogens with one attached hydrogen (secondary N) is 2. The van der Waals surface area contributed by atoms with Gasteiger partial charge in [-0.25, -0.2) is 13.6 Å². The zero-order valence-electron chi connectivity index (χ0n) is 14.6. The SMILES string of the molecule is CNC(=O)NC(=O)CSc1nnc(-c2ccc(F)cc2)n1-c1ccc(F)cc1. The van der Waals surface area contributed by atoms with Crippen LogP contribution in [0.2, 0.25) is 0 Å². The van der Waals surface area contributed by atoms with Crippen LogP contribution in [0, 0.1) is 11.6 Å². The van der Waals surface area contributed by atoms with E-state index in [4.69, 9.17) is 0 Å². The van der Waals surface area contributed by atoms with Crippen LogP contribution in [0.15, 0.2) is 53.7 Å². The molecule has 0 spiro atoms. The zero-order chi connectivity index (χ0) is 20.1. The first-order valence-electron chi connectivity index (χ1n) is 8.09. The molecule has 0 unspecified atom stereocenters. The molecule has 2 aromatic carbocycles. The summed E-state index contributed by atoms with van der Waals surface area (Å²) in [5.41, 5.74) is 1.17. The van der Waals surface area contributed by atoms with Gasteiger partial charge in [-0.3, -0.25) is 14.7 Å². The Morgan fingerprint density at radius 2 is 1.61 bits per heavy atom. The van der Waals surface area contributed by atoms with Gasteiger partial charge in [0.25, 0.3) is 0 Å². The van der Waals surface area contributed by atoms with Crippen LogP contribution >= 0.6 is 11.8 Å². The number of thioether (sulfide) groups is 1. The lowest BCUT2D eigenvalue weighted by Gasteiger charge is -2.10. The van der Waals surface area contributed by atoms with Crippen molar-refractivity contribution in [2.75, 3.05) is 12.8 Å². The normalized spacial score (nSPS) is 10.5. The van der Waals surface area contributed by atoms with Gasteiger partial charge < -0.3 is 5.32 Å². The molecule has 1 aromatic heterocycles. The molecule has 10 heteroatoms. The third-order valence-electron chi connectivity index (χ3n) is 3.63. The number of urea groups is 1. The molecule has 0 aliphatic carbocycles. The maximum absolute atomic E-state index is 13.3. The summed E-state index contributed by atoms with van der Waals surface area (Å²) in [4.78, 5) is 23.1. The molecule has 0 atom stereocenters. The van der Waals surface area contributed by atoms with E-state index in [1.807, 2.05) is 0 Å². The summed E-state index contributed by atoms with van der Waals surface area (Å²) >= 11 is 1.05. The van der Waals surface area contributed by atoms with E-state index in [0.29, 0.717) is 22.2 Å². The van der Waals surface area contributed by atoms with Gasteiger partial charge in [-0.1, -0.05) is 11.8 Å². The first-order valence-corrected chi connectivity index (χ1v) is 9.08. The molecule has 0 saturated carbocycles. The molecule has 3 rings (SSSR count). The molecule has 0 saturated heterocycles. The number of nitrogens with zero attached hydrogens (tertiary/aromatic N) is 3. The van der Waals surface area contributed by atoms with Crippen molar-refractivity contribution >= 4 is 23.7 Å². The minimum Gasteiger partial charge on any atom is -0.341 e. The molecule has 28 heavy (non-hydrogen) atoms. The summed E-state index contributed by atoms with van der Waals surface area (Å²) in [7, 11) is 1.40. The summed E-state index contributed by atoms with van der Waals surface area (Å²) in [6, 6.07) is 10.7. The summed E-state index contributed by atoms with van der Waals surface area (Å²) < 4.78 is 28.2.